The maximum atomic E-state index is 2.56. The lowest BCUT2D eigenvalue weighted by Gasteiger charge is -2.03. The molecule has 0 bridgehead atoms. The molecule has 0 spiro atoms. The molecular weight excluding hydrogens is 921 g/mol. The maximum Gasteiger partial charge on any atom is 0.0481 e. The molecule has 7 aromatic heterocycles. The molecule has 0 N–H and O–H groups in total. The third kappa shape index (κ3) is 11.4. The van der Waals surface area contributed by atoms with Gasteiger partial charge in [0.15, 0.2) is 0 Å². The molecular formula is C58H60S7. The van der Waals surface area contributed by atoms with Gasteiger partial charge >= 0.3 is 0 Å². The van der Waals surface area contributed by atoms with Crippen molar-refractivity contribution in [1.29, 1.82) is 0 Å². The number of rotatable bonds is 23. The average molecular weight is 982 g/mol. The van der Waals surface area contributed by atoms with E-state index in [2.05, 4.69) is 148 Å². The number of benzene rings is 2. The normalized spacial score (nSPS) is 11.6. The number of thiophene rings is 7. The molecule has 0 atom stereocenters. The van der Waals surface area contributed by atoms with Crippen molar-refractivity contribution < 1.29 is 0 Å². The molecule has 0 amide bonds. The van der Waals surface area contributed by atoms with E-state index < -0.39 is 0 Å². The van der Waals surface area contributed by atoms with E-state index in [0.29, 0.717) is 0 Å². The van der Waals surface area contributed by atoms with Gasteiger partial charge in [0.25, 0.3) is 0 Å². The first-order valence-electron chi connectivity index (χ1n) is 24.0. The van der Waals surface area contributed by atoms with Gasteiger partial charge in [-0.3, -0.25) is 0 Å². The molecule has 0 fully saturated rings. The molecule has 0 saturated carbocycles. The molecule has 0 aliphatic rings. The number of unbranched alkanes of at least 4 members (excludes halogenated alkanes) is 9. The van der Waals surface area contributed by atoms with E-state index in [1.54, 1.807) is 0 Å². The number of hydrogen-bond donors (Lipinski definition) is 0. The zero-order valence-electron chi connectivity index (χ0n) is 38.1. The van der Waals surface area contributed by atoms with Crippen LogP contribution in [0.25, 0.3) is 79.4 Å². The van der Waals surface area contributed by atoms with Crippen molar-refractivity contribution in [2.24, 2.45) is 0 Å². The quantitative estimate of drug-likeness (QED) is 0.0560. The molecule has 0 aliphatic heterocycles. The minimum atomic E-state index is 1.15. The summed E-state index contributed by atoms with van der Waals surface area (Å²) in [7, 11) is 0. The first-order chi connectivity index (χ1) is 32.1. The van der Waals surface area contributed by atoms with Gasteiger partial charge in [-0.15, -0.1) is 79.4 Å². The molecule has 0 aliphatic carbocycles. The fourth-order valence-electron chi connectivity index (χ4n) is 8.69. The van der Waals surface area contributed by atoms with Crippen molar-refractivity contribution in [2.45, 2.75) is 117 Å². The molecule has 0 unspecified atom stereocenters. The lowest BCUT2D eigenvalue weighted by Crippen LogP contribution is -1.85. The van der Waals surface area contributed by atoms with Gasteiger partial charge in [0, 0.05) is 68.3 Å². The number of hydrogen-bond acceptors (Lipinski definition) is 7. The standard InChI is InChI=1S/C58H60S7/c1-4-7-10-15-26-42-37-53(47-31-29-45(59-47)40-22-18-13-19-23-40)63-56(42)50-34-33-49(61-50)55-39-44(28-17-12-9-6-3)58(65-55)52-36-35-51(62-52)57-43(27-16-11-8-5-2)38-54(64-57)48-32-30-46(60-48)41-24-20-14-21-25-41/h13-14,18-25,29-39H,4-12,15-17,26-28H2,1-3H3. The highest BCUT2D eigenvalue weighted by Gasteiger charge is 2.21. The SMILES string of the molecule is CCCCCCc1cc(-c2ccc(-c3ccccc3)s2)sc1-c1ccc(-c2cc(CCCCCC)c(-c3ccc(-c4sc(-c5ccc(-c6ccccc6)s5)cc4CCCCCC)s3)s2)s1. The van der Waals surface area contributed by atoms with Crippen LogP contribution in [0.2, 0.25) is 0 Å². The lowest BCUT2D eigenvalue weighted by atomic mass is 10.1. The fraction of sp³-hybridized carbons (Fsp3) is 0.310. The van der Waals surface area contributed by atoms with Gasteiger partial charge in [0.2, 0.25) is 0 Å². The van der Waals surface area contributed by atoms with Gasteiger partial charge in [-0.2, -0.15) is 0 Å². The van der Waals surface area contributed by atoms with Crippen LogP contribution in [-0.2, 0) is 19.3 Å². The minimum absolute atomic E-state index is 1.15. The molecule has 9 aromatic rings. The molecule has 65 heavy (non-hydrogen) atoms. The summed E-state index contributed by atoms with van der Waals surface area (Å²) in [4.78, 5) is 19.8. The predicted octanol–water partition coefficient (Wildman–Crippen LogP) is 21.8. The van der Waals surface area contributed by atoms with Crippen LogP contribution in [0.4, 0.5) is 0 Å². The number of aryl methyl sites for hydroxylation is 3. The second kappa shape index (κ2) is 22.9. The smallest absolute Gasteiger partial charge is 0.0481 e. The Kier molecular flexibility index (Phi) is 16.4. The van der Waals surface area contributed by atoms with Crippen LogP contribution in [-0.4, -0.2) is 0 Å². The summed E-state index contributed by atoms with van der Waals surface area (Å²) >= 11 is 13.9. The lowest BCUT2D eigenvalue weighted by molar-refractivity contribution is 0.668. The van der Waals surface area contributed by atoms with Gasteiger partial charge in [-0.1, -0.05) is 139 Å². The van der Waals surface area contributed by atoms with E-state index in [1.807, 2.05) is 79.4 Å². The molecule has 7 heteroatoms. The summed E-state index contributed by atoms with van der Waals surface area (Å²) in [6, 6.07) is 48.3. The topological polar surface area (TPSA) is 0 Å². The van der Waals surface area contributed by atoms with Crippen LogP contribution in [0.1, 0.15) is 115 Å². The van der Waals surface area contributed by atoms with E-state index in [4.69, 9.17) is 0 Å². The van der Waals surface area contributed by atoms with E-state index in [9.17, 15) is 0 Å². The second-order valence-corrected chi connectivity index (χ2v) is 24.7. The van der Waals surface area contributed by atoms with Crippen molar-refractivity contribution in [1.82, 2.24) is 0 Å². The predicted molar refractivity (Wildman–Crippen MR) is 299 cm³/mol. The zero-order chi connectivity index (χ0) is 44.4. The molecule has 9 rings (SSSR count). The van der Waals surface area contributed by atoms with Crippen LogP contribution in [0.3, 0.4) is 0 Å². The molecule has 2 aromatic carbocycles. The van der Waals surface area contributed by atoms with Gasteiger partial charge in [0.05, 0.1) is 0 Å². The highest BCUT2D eigenvalue weighted by Crippen LogP contribution is 2.51. The summed E-state index contributed by atoms with van der Waals surface area (Å²) in [6.07, 6.45) is 18.8. The Labute approximate surface area is 416 Å². The largest absolute Gasteiger partial charge is 0.134 e. The van der Waals surface area contributed by atoms with Gasteiger partial charge in [0.1, 0.15) is 0 Å². The molecule has 7 heterocycles. The second-order valence-electron chi connectivity index (χ2n) is 17.2. The van der Waals surface area contributed by atoms with Crippen molar-refractivity contribution in [3.63, 3.8) is 0 Å². The Morgan fingerprint density at radius 1 is 0.262 bits per heavy atom. The van der Waals surface area contributed by atoms with Crippen molar-refractivity contribution in [3.05, 3.63) is 144 Å². The van der Waals surface area contributed by atoms with Crippen molar-refractivity contribution >= 4 is 79.4 Å². The first-order valence-corrected chi connectivity index (χ1v) is 29.7. The Balaban J connectivity index is 1.02. The summed E-state index contributed by atoms with van der Waals surface area (Å²) in [5.74, 6) is 0. The highest BCUT2D eigenvalue weighted by atomic mass is 32.1. The van der Waals surface area contributed by atoms with E-state index in [1.165, 1.54) is 173 Å². The third-order valence-electron chi connectivity index (χ3n) is 12.3. The van der Waals surface area contributed by atoms with Crippen molar-refractivity contribution in [3.8, 4) is 79.4 Å². The molecule has 0 radical (unpaired) electrons. The Morgan fingerprint density at radius 2 is 0.554 bits per heavy atom. The van der Waals surface area contributed by atoms with Crippen LogP contribution in [0.5, 0.6) is 0 Å². The third-order valence-corrected chi connectivity index (χ3v) is 21.4. The van der Waals surface area contributed by atoms with E-state index >= 15 is 0 Å². The van der Waals surface area contributed by atoms with Gasteiger partial charge < -0.3 is 0 Å². The Bertz CT molecular complexity index is 2850. The Morgan fingerprint density at radius 3 is 0.892 bits per heavy atom. The minimum Gasteiger partial charge on any atom is -0.134 e. The van der Waals surface area contributed by atoms with Gasteiger partial charge in [-0.25, -0.2) is 0 Å². The molecule has 0 saturated heterocycles. The average Bonchev–Trinajstić information content (AvgIpc) is 4.20. The molecule has 0 nitrogen and oxygen atoms in total. The van der Waals surface area contributed by atoms with Crippen LogP contribution < -0.4 is 0 Å². The first kappa shape index (κ1) is 46.5. The van der Waals surface area contributed by atoms with Crippen molar-refractivity contribution in [2.75, 3.05) is 0 Å². The van der Waals surface area contributed by atoms with E-state index in [-0.39, 0.29) is 0 Å². The van der Waals surface area contributed by atoms with Gasteiger partial charge in [-0.05, 0) is 133 Å². The monoisotopic (exact) mass is 980 g/mol. The zero-order valence-corrected chi connectivity index (χ0v) is 43.8. The van der Waals surface area contributed by atoms with Crippen LogP contribution in [0, 0.1) is 0 Å². The summed E-state index contributed by atoms with van der Waals surface area (Å²) in [5.41, 5.74) is 7.19. The summed E-state index contributed by atoms with van der Waals surface area (Å²) in [5, 5.41) is 0. The summed E-state index contributed by atoms with van der Waals surface area (Å²) in [6.45, 7) is 6.94. The Hall–Kier alpha value is -3.66. The molecule has 334 valence electrons. The highest BCUT2D eigenvalue weighted by molar-refractivity contribution is 7.31. The maximum absolute atomic E-state index is 2.56. The van der Waals surface area contributed by atoms with E-state index in [0.717, 1.165) is 19.3 Å². The summed E-state index contributed by atoms with van der Waals surface area (Å²) < 4.78 is 0. The van der Waals surface area contributed by atoms with Crippen LogP contribution in [0.15, 0.2) is 127 Å². The fourth-order valence-corrected chi connectivity index (χ4v) is 17.0. The van der Waals surface area contributed by atoms with Crippen LogP contribution >= 0.6 is 79.4 Å².